The third kappa shape index (κ3) is 3.92. The second-order valence-corrected chi connectivity index (χ2v) is 5.51. The van der Waals surface area contributed by atoms with Gasteiger partial charge in [-0.15, -0.1) is 0 Å². The molecule has 0 saturated heterocycles. The molecule has 0 aromatic carbocycles. The molecule has 18 heavy (non-hydrogen) atoms. The fourth-order valence-corrected chi connectivity index (χ4v) is 2.82. The number of hydrogen-bond acceptors (Lipinski definition) is 4. The Bertz CT molecular complexity index is 228. The van der Waals surface area contributed by atoms with Gasteiger partial charge >= 0.3 is 0 Å². The maximum Gasteiger partial charge on any atom is 0.110 e. The number of aliphatic hydroxyl groups excluding tert-OH is 1. The Hall–Kier alpha value is -0.160. The van der Waals surface area contributed by atoms with Crippen LogP contribution in [0, 0.1) is 5.92 Å². The van der Waals surface area contributed by atoms with Crippen molar-refractivity contribution >= 4 is 0 Å². The molecule has 2 rings (SSSR count). The molecule has 2 aliphatic carbocycles. The Morgan fingerprint density at radius 1 is 1.06 bits per heavy atom. The van der Waals surface area contributed by atoms with Gasteiger partial charge in [0.25, 0.3) is 0 Å². The second-order valence-electron chi connectivity index (χ2n) is 5.51. The van der Waals surface area contributed by atoms with Gasteiger partial charge in [-0.2, -0.15) is 0 Å². The number of methoxy groups -OCH3 is 1. The third-order valence-electron chi connectivity index (χ3n) is 4.09. The number of hydrogen-bond donors (Lipinski definition) is 1. The van der Waals surface area contributed by atoms with Crippen LogP contribution in [-0.2, 0) is 14.2 Å². The van der Waals surface area contributed by atoms with E-state index in [1.54, 1.807) is 7.11 Å². The molecule has 2 aliphatic rings. The van der Waals surface area contributed by atoms with E-state index >= 15 is 0 Å². The standard InChI is InChI=1S/C14H26O4/c1-16-7-8-17-14-12(15)9-13(14)18-10-11-5-3-2-4-6-11/h11-15H,2-10H2,1H3. The van der Waals surface area contributed by atoms with Crippen LogP contribution in [0.1, 0.15) is 38.5 Å². The van der Waals surface area contributed by atoms with Gasteiger partial charge in [0, 0.05) is 20.1 Å². The molecule has 106 valence electrons. The molecule has 1 N–H and O–H groups in total. The van der Waals surface area contributed by atoms with Crippen LogP contribution in [0.3, 0.4) is 0 Å². The van der Waals surface area contributed by atoms with Crippen molar-refractivity contribution in [2.24, 2.45) is 5.92 Å². The first-order valence-corrected chi connectivity index (χ1v) is 7.21. The largest absolute Gasteiger partial charge is 0.390 e. The summed E-state index contributed by atoms with van der Waals surface area (Å²) < 4.78 is 16.4. The fourth-order valence-electron chi connectivity index (χ4n) is 2.82. The topological polar surface area (TPSA) is 47.9 Å². The highest BCUT2D eigenvalue weighted by molar-refractivity contribution is 4.92. The normalized spacial score (nSPS) is 33.3. The summed E-state index contributed by atoms with van der Waals surface area (Å²) in [4.78, 5) is 0. The maximum absolute atomic E-state index is 9.67. The summed E-state index contributed by atoms with van der Waals surface area (Å²) in [6.07, 6.45) is 6.94. The minimum Gasteiger partial charge on any atom is -0.390 e. The quantitative estimate of drug-likeness (QED) is 0.707. The lowest BCUT2D eigenvalue weighted by Gasteiger charge is -2.41. The summed E-state index contributed by atoms with van der Waals surface area (Å²) >= 11 is 0. The van der Waals surface area contributed by atoms with E-state index in [1.165, 1.54) is 32.1 Å². The highest BCUT2D eigenvalue weighted by Gasteiger charge is 2.42. The highest BCUT2D eigenvalue weighted by Crippen LogP contribution is 2.30. The van der Waals surface area contributed by atoms with Crippen molar-refractivity contribution in [3.05, 3.63) is 0 Å². The molecule has 0 radical (unpaired) electrons. The molecule has 4 heteroatoms. The molecule has 0 aromatic heterocycles. The molecule has 0 spiro atoms. The molecule has 3 unspecified atom stereocenters. The summed E-state index contributed by atoms with van der Waals surface area (Å²) in [5, 5.41) is 9.67. The van der Waals surface area contributed by atoms with Gasteiger partial charge in [0.05, 0.1) is 25.4 Å². The van der Waals surface area contributed by atoms with E-state index in [-0.39, 0.29) is 18.3 Å². The van der Waals surface area contributed by atoms with Gasteiger partial charge in [-0.3, -0.25) is 0 Å². The maximum atomic E-state index is 9.67. The van der Waals surface area contributed by atoms with Crippen LogP contribution in [0.5, 0.6) is 0 Å². The van der Waals surface area contributed by atoms with Crippen molar-refractivity contribution in [1.82, 2.24) is 0 Å². The van der Waals surface area contributed by atoms with Gasteiger partial charge in [0.15, 0.2) is 0 Å². The van der Waals surface area contributed by atoms with Crippen molar-refractivity contribution < 1.29 is 19.3 Å². The number of rotatable bonds is 7. The summed E-state index contributed by atoms with van der Waals surface area (Å²) in [6.45, 7) is 1.93. The van der Waals surface area contributed by atoms with E-state index in [0.717, 1.165) is 12.5 Å². The van der Waals surface area contributed by atoms with Gasteiger partial charge in [-0.1, -0.05) is 19.3 Å². The van der Waals surface area contributed by atoms with E-state index < -0.39 is 0 Å². The first-order chi connectivity index (χ1) is 8.81. The molecular formula is C14H26O4. The minimum absolute atomic E-state index is 0.0822. The first-order valence-electron chi connectivity index (χ1n) is 7.21. The summed E-state index contributed by atoms with van der Waals surface area (Å²) in [6, 6.07) is 0. The molecule has 4 nitrogen and oxygen atoms in total. The van der Waals surface area contributed by atoms with Crippen molar-refractivity contribution in [3.63, 3.8) is 0 Å². The van der Waals surface area contributed by atoms with E-state index in [1.807, 2.05) is 0 Å². The fraction of sp³-hybridized carbons (Fsp3) is 1.00. The van der Waals surface area contributed by atoms with E-state index in [4.69, 9.17) is 14.2 Å². The average Bonchev–Trinajstić information content (AvgIpc) is 2.40. The molecule has 3 atom stereocenters. The third-order valence-corrected chi connectivity index (χ3v) is 4.09. The summed E-state index contributed by atoms with van der Waals surface area (Å²) in [5.41, 5.74) is 0. The van der Waals surface area contributed by atoms with E-state index in [0.29, 0.717) is 19.6 Å². The molecule has 0 aliphatic heterocycles. The average molecular weight is 258 g/mol. The predicted octanol–water partition coefficient (Wildman–Crippen LogP) is 1.75. The molecule has 0 heterocycles. The number of aliphatic hydroxyl groups is 1. The van der Waals surface area contributed by atoms with E-state index in [9.17, 15) is 5.11 Å². The Kier molecular flexibility index (Phi) is 5.89. The second kappa shape index (κ2) is 7.43. The van der Waals surface area contributed by atoms with Crippen molar-refractivity contribution in [2.75, 3.05) is 26.9 Å². The van der Waals surface area contributed by atoms with Crippen molar-refractivity contribution in [1.29, 1.82) is 0 Å². The van der Waals surface area contributed by atoms with Crippen LogP contribution in [0.2, 0.25) is 0 Å². The zero-order valence-corrected chi connectivity index (χ0v) is 11.3. The lowest BCUT2D eigenvalue weighted by atomic mass is 9.87. The monoisotopic (exact) mass is 258 g/mol. The van der Waals surface area contributed by atoms with Crippen LogP contribution in [0.15, 0.2) is 0 Å². The van der Waals surface area contributed by atoms with Gasteiger partial charge in [-0.05, 0) is 18.8 Å². The summed E-state index contributed by atoms with van der Waals surface area (Å²) in [7, 11) is 1.65. The lowest BCUT2D eigenvalue weighted by Crippen LogP contribution is -2.54. The zero-order valence-electron chi connectivity index (χ0n) is 11.3. The Morgan fingerprint density at radius 3 is 2.50 bits per heavy atom. The SMILES string of the molecule is COCCOC1C(O)CC1OCC1CCCCC1. The Morgan fingerprint density at radius 2 is 1.83 bits per heavy atom. The first kappa shape index (κ1) is 14.3. The lowest BCUT2D eigenvalue weighted by molar-refractivity contribution is -0.199. The van der Waals surface area contributed by atoms with Gasteiger partial charge in [-0.25, -0.2) is 0 Å². The molecular weight excluding hydrogens is 232 g/mol. The van der Waals surface area contributed by atoms with Gasteiger partial charge in [0.1, 0.15) is 6.10 Å². The molecule has 2 fully saturated rings. The molecule has 0 amide bonds. The van der Waals surface area contributed by atoms with Gasteiger partial charge in [0.2, 0.25) is 0 Å². The van der Waals surface area contributed by atoms with Crippen LogP contribution >= 0.6 is 0 Å². The zero-order chi connectivity index (χ0) is 12.8. The number of ether oxygens (including phenoxy) is 3. The van der Waals surface area contributed by atoms with Crippen LogP contribution in [0.4, 0.5) is 0 Å². The van der Waals surface area contributed by atoms with Crippen LogP contribution < -0.4 is 0 Å². The predicted molar refractivity (Wildman–Crippen MR) is 68.6 cm³/mol. The smallest absolute Gasteiger partial charge is 0.110 e. The highest BCUT2D eigenvalue weighted by atomic mass is 16.6. The molecule has 0 aromatic rings. The Balaban J connectivity index is 1.62. The van der Waals surface area contributed by atoms with Crippen molar-refractivity contribution in [3.8, 4) is 0 Å². The van der Waals surface area contributed by atoms with Crippen LogP contribution in [-0.4, -0.2) is 50.3 Å². The summed E-state index contributed by atoms with van der Waals surface area (Å²) in [5.74, 6) is 0.719. The Labute approximate surface area is 110 Å². The van der Waals surface area contributed by atoms with Crippen LogP contribution in [0.25, 0.3) is 0 Å². The van der Waals surface area contributed by atoms with Gasteiger partial charge < -0.3 is 19.3 Å². The molecule has 0 bridgehead atoms. The molecule has 2 saturated carbocycles. The van der Waals surface area contributed by atoms with E-state index in [2.05, 4.69) is 0 Å². The van der Waals surface area contributed by atoms with Crippen molar-refractivity contribution in [2.45, 2.75) is 56.8 Å². The minimum atomic E-state index is -0.363.